The van der Waals surface area contributed by atoms with Crippen molar-refractivity contribution >= 4 is 13.4 Å². The Morgan fingerprint density at radius 3 is 0.609 bits per heavy atom. The summed E-state index contributed by atoms with van der Waals surface area (Å²) in [6.45, 7) is 142. The maximum atomic E-state index is 4.72. The molecule has 642 valence electrons. The van der Waals surface area contributed by atoms with Gasteiger partial charge in [0.05, 0.1) is 0 Å². The molecule has 14 radical (unpaired) electrons. The summed E-state index contributed by atoms with van der Waals surface area (Å²) in [6.07, 6.45) is 23.3. The summed E-state index contributed by atoms with van der Waals surface area (Å²) in [5, 5.41) is 0. The second-order valence-corrected chi connectivity index (χ2v) is 13.1. The van der Waals surface area contributed by atoms with Crippen LogP contribution in [0.2, 0.25) is 0 Å². The molecule has 0 spiro atoms. The van der Waals surface area contributed by atoms with E-state index >= 15 is 0 Å². The summed E-state index contributed by atoms with van der Waals surface area (Å²) in [6, 6.07) is 30.1. The number of rotatable bonds is 17. The largest absolute Gasteiger partial charge is 0.549 e. The van der Waals surface area contributed by atoms with Gasteiger partial charge in [-0.05, 0) is 6.54 Å². The first-order valence-electron chi connectivity index (χ1n) is 37.3. The Hall–Kier alpha value is 11.9. The topological polar surface area (TPSA) is 24.7 Å². The number of nitrogens with zero attached hydrogens (tertiary/aromatic N) is 2. The average Bonchev–Trinajstić information content (AvgIpc) is 0.936. The zero-order valence-corrected chi connectivity index (χ0v) is 120. The van der Waals surface area contributed by atoms with Crippen LogP contribution in [-0.4, -0.2) is 26.5 Å². The van der Waals surface area contributed by atoms with Gasteiger partial charge in [-0.2, -0.15) is 154 Å². The summed E-state index contributed by atoms with van der Waals surface area (Å²) < 4.78 is 0. The SMILES string of the molecule is CC.CC.CC.CC.CC.CC.CC.CC.CC.CC.CC.CC.CC.[CH-]=C[CH2-].[CH-]=NCC[CH2-].[CH-]=NC[CH2-].[CH2-]CCCC[CH2-].[CH2-]CCC[CH2-].[CH2-]CCC[CH2-].[CH2-]CC[CH2-].[CH2-]CC[CH2-].[CH2-]CC[CH2-].[CH2-]CCc1[c-]cccc1.[CH2-]C[CH2-].[CH2-]Cc1[c-]cccc1.[CH2-]Cc1ccccc1[CH2-].[CH3-].[Y].[Y].[Y].[Y].[Y].[Y].[Y].[Y].[Y].[Y].[Y].[Y].[Y].[Y]. The van der Waals surface area contributed by atoms with Crippen LogP contribution in [0.15, 0.2) is 88.9 Å². The van der Waals surface area contributed by atoms with E-state index in [4.69, 9.17) is 6.72 Å². The minimum Gasteiger partial charge on any atom is -0.549 e. The summed E-state index contributed by atoms with van der Waals surface area (Å²) in [7, 11) is 0. The van der Waals surface area contributed by atoms with Crippen LogP contribution in [0.1, 0.15) is 324 Å². The molecule has 0 heterocycles. The second-order valence-electron chi connectivity index (χ2n) is 13.1. The first kappa shape index (κ1) is 253. The van der Waals surface area contributed by atoms with Crippen LogP contribution < -0.4 is 0 Å². The van der Waals surface area contributed by atoms with Crippen molar-refractivity contribution in [3.63, 3.8) is 0 Å². The van der Waals surface area contributed by atoms with Crippen LogP contribution in [0.5, 0.6) is 0 Å². The van der Waals surface area contributed by atoms with E-state index in [-0.39, 0.29) is 465 Å². The monoisotopic (exact) mass is 2590 g/mol. The van der Waals surface area contributed by atoms with Gasteiger partial charge in [0.1, 0.15) is 0 Å². The number of aryl methyl sites for hydroxylation is 1. The summed E-state index contributed by atoms with van der Waals surface area (Å²) in [4.78, 5) is 6.42. The zero-order valence-electron chi connectivity index (χ0n) is 80.0. The number of hydrogen-bond acceptors (Lipinski definition) is 2. The van der Waals surface area contributed by atoms with Crippen LogP contribution >= 0.6 is 0 Å². The molecule has 0 aliphatic heterocycles. The normalized spacial score (nSPS) is 5.83. The molecule has 3 aromatic rings. The van der Waals surface area contributed by atoms with Crippen molar-refractivity contribution in [3.8, 4) is 0 Å². The van der Waals surface area contributed by atoms with E-state index in [2.05, 4.69) is 193 Å². The van der Waals surface area contributed by atoms with Gasteiger partial charge in [0.25, 0.3) is 0 Å². The molecule has 0 saturated carbocycles. The molecule has 16 heteroatoms. The van der Waals surface area contributed by atoms with Crippen molar-refractivity contribution in [1.29, 1.82) is 0 Å². The fourth-order valence-electron chi connectivity index (χ4n) is 2.96. The molecule has 0 amide bonds. The quantitative estimate of drug-likeness (QED) is 0.0731. The van der Waals surface area contributed by atoms with Crippen LogP contribution in [0.25, 0.3) is 0 Å². The average molecular weight is 2590 g/mol. The number of allylic oxidation sites excluding steroid dienone is 1. The van der Waals surface area contributed by atoms with Gasteiger partial charge in [0, 0.05) is 458 Å². The van der Waals surface area contributed by atoms with Gasteiger partial charge in [0.2, 0.25) is 0 Å². The van der Waals surface area contributed by atoms with Gasteiger partial charge in [-0.25, -0.2) is 44.9 Å². The standard InChI is InChI=1S/2C9H10.C8H8.C6H12.2C5H10.C4H7N.3C4H8.C3H5N.C3H6.C3H4.13C2H6.CH3.14Y/c1-3-9-7-5-4-6-8(9)2;1-2-6-9-7-4-3-5-8-9;1-2-8-6-4-3-5-7-8;1-3-5-6-4-2;2*1-3-5-4-2;1-3-4-5-2;4*1-3-4-2;2*1-3-2;13*1-2;;;;;;;;;;;;;;;/h4-7H,1-3H2;3-5,7H,1-2,6H2;3-6H,1-2H2;1-6H2;2*1-5H2;2H,1,3-4H2;3*1-4H2;2H,1,3H2;1-3H2;1,3H,2H2;13*1-2H3;1H3;;;;;;;;;;;;;;/q13*-2;;;;;;;;;;;;;;-1;;;;;;;;;;;;;;. The molecule has 0 saturated heterocycles. The van der Waals surface area contributed by atoms with E-state index in [1.165, 1.54) is 48.4 Å². The molecule has 0 unspecified atom stereocenters. The molecule has 0 aliphatic carbocycles. The summed E-state index contributed by atoms with van der Waals surface area (Å²) in [5.41, 5.74) is 4.75. The first-order valence-corrected chi connectivity index (χ1v) is 37.3. The van der Waals surface area contributed by atoms with Gasteiger partial charge in [-0.3, -0.25) is 0 Å². The molecule has 0 N–H and O–H groups in total. The summed E-state index contributed by atoms with van der Waals surface area (Å²) in [5.74, 6) is 0. The predicted octanol–water partition coefficient (Wildman–Crippen LogP) is 33.3. The molecule has 0 aromatic heterocycles. The van der Waals surface area contributed by atoms with Crippen molar-refractivity contribution in [3.05, 3.63) is 273 Å². The molecule has 2 nitrogen and oxygen atoms in total. The van der Waals surface area contributed by atoms with Crippen LogP contribution in [0.3, 0.4) is 0 Å². The smallest absolute Gasteiger partial charge is 0 e. The van der Waals surface area contributed by atoms with Crippen LogP contribution in [0, 0.1) is 172 Å². The van der Waals surface area contributed by atoms with E-state index in [1.807, 2.05) is 241 Å². The Balaban J connectivity index is -0.0000000138. The molecule has 0 atom stereocenters. The van der Waals surface area contributed by atoms with Gasteiger partial charge < -0.3 is 188 Å². The minimum atomic E-state index is 0. The van der Waals surface area contributed by atoms with Gasteiger partial charge in [0.15, 0.2) is 0 Å². The van der Waals surface area contributed by atoms with Crippen molar-refractivity contribution in [2.45, 2.75) is 321 Å². The Morgan fingerprint density at radius 1 is 0.300 bits per heavy atom. The third-order valence-electron chi connectivity index (χ3n) is 6.57. The van der Waals surface area contributed by atoms with Crippen LogP contribution in [0.4, 0.5) is 0 Å². The first-order chi connectivity index (χ1) is 46.3. The van der Waals surface area contributed by atoms with Crippen molar-refractivity contribution in [1.82, 2.24) is 0 Å². The van der Waals surface area contributed by atoms with E-state index in [0.717, 1.165) is 121 Å². The van der Waals surface area contributed by atoms with E-state index < -0.39 is 0 Å². The Labute approximate surface area is 1070 Å². The molecule has 3 rings (SSSR count). The van der Waals surface area contributed by atoms with E-state index in [1.54, 1.807) is 0 Å². The molecule has 0 bridgehead atoms. The van der Waals surface area contributed by atoms with E-state index in [9.17, 15) is 0 Å². The fourth-order valence-corrected chi connectivity index (χ4v) is 2.96. The van der Waals surface area contributed by atoms with Gasteiger partial charge in [-0.15, -0.1) is 31.5 Å². The molecular formula is C94H187N2Y14-27. The van der Waals surface area contributed by atoms with Crippen LogP contribution in [-0.2, 0) is 477 Å². The third-order valence-corrected chi connectivity index (χ3v) is 6.57. The number of benzene rings is 3. The fraction of sp³-hybridized carbons (Fsp3) is 0.532. The third kappa shape index (κ3) is 488. The molecule has 110 heavy (non-hydrogen) atoms. The number of aliphatic imine (C=N–C) groups is 2. The predicted molar refractivity (Wildman–Crippen MR) is 477 cm³/mol. The van der Waals surface area contributed by atoms with Gasteiger partial charge in [-0.1, -0.05) is 205 Å². The van der Waals surface area contributed by atoms with E-state index in [0.29, 0.717) is 13.1 Å². The molecule has 0 aliphatic rings. The number of hydrogen-bond donors (Lipinski definition) is 0. The summed E-state index contributed by atoms with van der Waals surface area (Å²) >= 11 is 0. The number of unbranched alkanes of at least 4 members (excludes halogenated alkanes) is 10. The Morgan fingerprint density at radius 2 is 0.509 bits per heavy atom. The van der Waals surface area contributed by atoms with Gasteiger partial charge >= 0.3 is 0 Å². The molecular weight excluding hydrogens is 2400 g/mol. The van der Waals surface area contributed by atoms with Crippen molar-refractivity contribution < 1.29 is 458 Å². The molecule has 0 fully saturated rings. The van der Waals surface area contributed by atoms with Crippen molar-refractivity contribution in [2.75, 3.05) is 13.1 Å². The second kappa shape index (κ2) is 413. The van der Waals surface area contributed by atoms with Crippen molar-refractivity contribution in [2.24, 2.45) is 9.98 Å². The Kier molecular flexibility index (Phi) is 949. The maximum Gasteiger partial charge on any atom is 0 e. The minimum absolute atomic E-state index is 0. The Bertz CT molecular complexity index is 1170. The maximum absolute atomic E-state index is 4.72. The molecule has 3 aromatic carbocycles. The zero-order chi connectivity index (χ0) is 81.3.